The number of anilines is 2. The second-order valence-corrected chi connectivity index (χ2v) is 6.50. The molecule has 7 heteroatoms. The van der Waals surface area contributed by atoms with Gasteiger partial charge in [-0.25, -0.2) is 4.68 Å². The molecule has 6 nitrogen and oxygen atoms in total. The minimum Gasteiger partial charge on any atom is -0.382 e. The van der Waals surface area contributed by atoms with Crippen molar-refractivity contribution in [3.05, 3.63) is 69.9 Å². The van der Waals surface area contributed by atoms with Gasteiger partial charge in [-0.2, -0.15) is 0 Å². The van der Waals surface area contributed by atoms with E-state index < -0.39 is 5.91 Å². The molecule has 0 aliphatic rings. The summed E-state index contributed by atoms with van der Waals surface area (Å²) >= 11 is 5.99. The van der Waals surface area contributed by atoms with Crippen LogP contribution < -0.4 is 11.1 Å². The molecule has 0 aliphatic heterocycles. The molecule has 134 valence electrons. The molecule has 3 aromatic rings. The van der Waals surface area contributed by atoms with Gasteiger partial charge in [0.05, 0.1) is 6.54 Å². The number of nitrogens with one attached hydrogen (secondary N) is 1. The Morgan fingerprint density at radius 1 is 1.19 bits per heavy atom. The van der Waals surface area contributed by atoms with E-state index >= 15 is 0 Å². The van der Waals surface area contributed by atoms with Crippen molar-refractivity contribution in [3.63, 3.8) is 0 Å². The third kappa shape index (κ3) is 3.86. The quantitative estimate of drug-likeness (QED) is 0.718. The maximum absolute atomic E-state index is 12.5. The van der Waals surface area contributed by atoms with Crippen molar-refractivity contribution in [2.75, 3.05) is 11.1 Å². The Kier molecular flexibility index (Phi) is 5.23. The average molecular weight is 370 g/mol. The van der Waals surface area contributed by atoms with Gasteiger partial charge < -0.3 is 11.1 Å². The standard InChI is InChI=1S/C19H20ClN5O/c1-3-13-5-7-14(8-6-13)11-25-18(21)17(23-24-25)19(26)22-16-10-15(20)9-4-12(16)2/h4-10H,3,11,21H2,1-2H3,(H,22,26). The number of nitrogen functional groups attached to an aromatic ring is 1. The monoisotopic (exact) mass is 369 g/mol. The fourth-order valence-corrected chi connectivity index (χ4v) is 2.73. The van der Waals surface area contributed by atoms with Crippen molar-refractivity contribution < 1.29 is 4.79 Å². The fraction of sp³-hybridized carbons (Fsp3) is 0.211. The fourth-order valence-electron chi connectivity index (χ4n) is 2.56. The Balaban J connectivity index is 1.77. The largest absolute Gasteiger partial charge is 0.382 e. The van der Waals surface area contributed by atoms with Crippen LogP contribution in [0.25, 0.3) is 0 Å². The second kappa shape index (κ2) is 7.58. The van der Waals surface area contributed by atoms with Gasteiger partial charge in [0.1, 0.15) is 0 Å². The van der Waals surface area contributed by atoms with Crippen LogP contribution >= 0.6 is 11.6 Å². The normalized spacial score (nSPS) is 10.7. The number of hydrogen-bond donors (Lipinski definition) is 2. The summed E-state index contributed by atoms with van der Waals surface area (Å²) in [5, 5.41) is 11.3. The topological polar surface area (TPSA) is 85.8 Å². The molecular weight excluding hydrogens is 350 g/mol. The number of nitrogens with zero attached hydrogens (tertiary/aromatic N) is 3. The highest BCUT2D eigenvalue weighted by atomic mass is 35.5. The third-order valence-corrected chi connectivity index (χ3v) is 4.43. The van der Waals surface area contributed by atoms with E-state index in [4.69, 9.17) is 17.3 Å². The lowest BCUT2D eigenvalue weighted by atomic mass is 10.1. The maximum Gasteiger partial charge on any atom is 0.280 e. The summed E-state index contributed by atoms with van der Waals surface area (Å²) in [5.74, 6) is -0.192. The molecule has 0 fully saturated rings. The number of benzene rings is 2. The molecule has 0 aliphatic carbocycles. The predicted molar refractivity (Wildman–Crippen MR) is 103 cm³/mol. The summed E-state index contributed by atoms with van der Waals surface area (Å²) in [7, 11) is 0. The van der Waals surface area contributed by atoms with Gasteiger partial charge in [0, 0.05) is 10.7 Å². The van der Waals surface area contributed by atoms with Gasteiger partial charge >= 0.3 is 0 Å². The highest BCUT2D eigenvalue weighted by Gasteiger charge is 2.18. The first kappa shape index (κ1) is 17.9. The van der Waals surface area contributed by atoms with Crippen LogP contribution in [0.2, 0.25) is 5.02 Å². The molecule has 0 saturated heterocycles. The van der Waals surface area contributed by atoms with Crippen molar-refractivity contribution in [1.82, 2.24) is 15.0 Å². The first-order chi connectivity index (χ1) is 12.5. The molecule has 3 rings (SSSR count). The molecule has 0 atom stereocenters. The van der Waals surface area contributed by atoms with Crippen molar-refractivity contribution in [2.24, 2.45) is 0 Å². The summed E-state index contributed by atoms with van der Waals surface area (Å²) in [5.41, 5.74) is 9.98. The molecule has 0 unspecified atom stereocenters. The third-order valence-electron chi connectivity index (χ3n) is 4.20. The van der Waals surface area contributed by atoms with Crippen LogP contribution in [0.1, 0.15) is 34.1 Å². The number of carbonyl (C=O) groups excluding carboxylic acids is 1. The van der Waals surface area contributed by atoms with Crippen molar-refractivity contribution in [3.8, 4) is 0 Å². The molecule has 1 heterocycles. The summed E-state index contributed by atoms with van der Waals surface area (Å²) in [6, 6.07) is 13.5. The predicted octanol–water partition coefficient (Wildman–Crippen LogP) is 3.69. The average Bonchev–Trinajstić information content (AvgIpc) is 2.99. The Labute approximate surface area is 157 Å². The van der Waals surface area contributed by atoms with E-state index in [2.05, 4.69) is 34.7 Å². The van der Waals surface area contributed by atoms with E-state index in [0.717, 1.165) is 17.5 Å². The minimum atomic E-state index is -0.416. The van der Waals surface area contributed by atoms with E-state index in [9.17, 15) is 4.79 Å². The van der Waals surface area contributed by atoms with Crippen molar-refractivity contribution >= 4 is 29.0 Å². The number of rotatable bonds is 5. The molecule has 26 heavy (non-hydrogen) atoms. The molecular formula is C19H20ClN5O. The van der Waals surface area contributed by atoms with Crippen LogP contribution in [0, 0.1) is 6.92 Å². The zero-order chi connectivity index (χ0) is 18.7. The number of hydrogen-bond acceptors (Lipinski definition) is 4. The van der Waals surface area contributed by atoms with Crippen LogP contribution in [0.3, 0.4) is 0 Å². The van der Waals surface area contributed by atoms with Crippen LogP contribution in [0.5, 0.6) is 0 Å². The highest BCUT2D eigenvalue weighted by molar-refractivity contribution is 6.31. The lowest BCUT2D eigenvalue weighted by molar-refractivity contribution is 0.102. The van der Waals surface area contributed by atoms with Crippen molar-refractivity contribution in [2.45, 2.75) is 26.8 Å². The summed E-state index contributed by atoms with van der Waals surface area (Å²) < 4.78 is 1.51. The van der Waals surface area contributed by atoms with Crippen molar-refractivity contribution in [1.29, 1.82) is 0 Å². The molecule has 2 aromatic carbocycles. The number of amides is 1. The van der Waals surface area contributed by atoms with E-state index in [1.807, 2.05) is 25.1 Å². The number of aryl methyl sites for hydroxylation is 2. The van der Waals surface area contributed by atoms with E-state index in [1.165, 1.54) is 10.2 Å². The summed E-state index contributed by atoms with van der Waals surface area (Å²) in [6.07, 6.45) is 0.985. The van der Waals surface area contributed by atoms with E-state index in [0.29, 0.717) is 17.3 Å². The number of aromatic nitrogens is 3. The van der Waals surface area contributed by atoms with Crippen LogP contribution in [-0.2, 0) is 13.0 Å². The summed E-state index contributed by atoms with van der Waals surface area (Å²) in [4.78, 5) is 12.5. The molecule has 1 aromatic heterocycles. The number of nitrogens with two attached hydrogens (primary N) is 1. The lowest BCUT2D eigenvalue weighted by Crippen LogP contribution is -2.16. The lowest BCUT2D eigenvalue weighted by Gasteiger charge is -2.08. The molecule has 0 spiro atoms. The molecule has 3 N–H and O–H groups in total. The Hall–Kier alpha value is -2.86. The minimum absolute atomic E-state index is 0.0922. The van der Waals surface area contributed by atoms with Gasteiger partial charge in [-0.3, -0.25) is 4.79 Å². The molecule has 0 saturated carbocycles. The number of carbonyl (C=O) groups is 1. The van der Waals surface area contributed by atoms with E-state index in [-0.39, 0.29) is 11.5 Å². The molecule has 0 radical (unpaired) electrons. The number of halogens is 1. The van der Waals surface area contributed by atoms with Gasteiger partial charge in [-0.05, 0) is 42.2 Å². The smallest absolute Gasteiger partial charge is 0.280 e. The Morgan fingerprint density at radius 3 is 2.58 bits per heavy atom. The van der Waals surface area contributed by atoms with Crippen LogP contribution in [0.4, 0.5) is 11.5 Å². The Bertz CT molecular complexity index is 934. The van der Waals surface area contributed by atoms with Crippen LogP contribution in [0.15, 0.2) is 42.5 Å². The first-order valence-electron chi connectivity index (χ1n) is 8.32. The van der Waals surface area contributed by atoms with Gasteiger partial charge in [-0.1, -0.05) is 54.1 Å². The van der Waals surface area contributed by atoms with Gasteiger partial charge in [-0.15, -0.1) is 5.10 Å². The van der Waals surface area contributed by atoms with Gasteiger partial charge in [0.15, 0.2) is 11.5 Å². The maximum atomic E-state index is 12.5. The van der Waals surface area contributed by atoms with Crippen LogP contribution in [-0.4, -0.2) is 20.9 Å². The molecule has 1 amide bonds. The van der Waals surface area contributed by atoms with Gasteiger partial charge in [0.25, 0.3) is 5.91 Å². The van der Waals surface area contributed by atoms with Gasteiger partial charge in [0.2, 0.25) is 0 Å². The van der Waals surface area contributed by atoms with E-state index in [1.54, 1.807) is 12.1 Å². The molecule has 0 bridgehead atoms. The second-order valence-electron chi connectivity index (χ2n) is 6.06. The zero-order valence-electron chi connectivity index (χ0n) is 14.7. The summed E-state index contributed by atoms with van der Waals surface area (Å²) in [6.45, 7) is 4.44. The SMILES string of the molecule is CCc1ccc(Cn2nnc(C(=O)Nc3cc(Cl)ccc3C)c2N)cc1. The highest BCUT2D eigenvalue weighted by Crippen LogP contribution is 2.21. The zero-order valence-corrected chi connectivity index (χ0v) is 15.4. The first-order valence-corrected chi connectivity index (χ1v) is 8.70. The Morgan fingerprint density at radius 2 is 1.88 bits per heavy atom.